The number of halogens is 2. The van der Waals surface area contributed by atoms with Gasteiger partial charge in [-0.05, 0) is 246 Å². The number of fused-ring (bicyclic) bond motifs is 8. The van der Waals surface area contributed by atoms with Gasteiger partial charge in [-0.2, -0.15) is 0 Å². The lowest BCUT2D eigenvalue weighted by atomic mass is 9.85. The van der Waals surface area contributed by atoms with Gasteiger partial charge in [-0.1, -0.05) is 46.6 Å². The fourth-order valence-corrected chi connectivity index (χ4v) is 18.7. The Hall–Kier alpha value is -11.7. The molecular weight excluding hydrogens is 1610 g/mol. The number of carboxylic acid groups (broad SMARTS) is 4. The average molecular weight is 1720 g/mol. The number of ether oxygens (including phenoxy) is 10. The molecule has 2 aliphatic carbocycles. The molecule has 4 saturated heterocycles. The van der Waals surface area contributed by atoms with Crippen molar-refractivity contribution in [2.45, 2.75) is 131 Å². The minimum Gasteiger partial charge on any atom is -0.497 e. The van der Waals surface area contributed by atoms with Crippen molar-refractivity contribution in [2.75, 3.05) is 121 Å². The van der Waals surface area contributed by atoms with Crippen LogP contribution in [0.25, 0.3) is 22.3 Å². The Morgan fingerprint density at radius 3 is 0.778 bits per heavy atom. The molecule has 6 fully saturated rings. The van der Waals surface area contributed by atoms with Gasteiger partial charge in [0.15, 0.2) is 0 Å². The molecule has 0 spiro atoms. The van der Waals surface area contributed by atoms with Crippen LogP contribution in [0.5, 0.6) is 57.5 Å². The van der Waals surface area contributed by atoms with Crippen molar-refractivity contribution in [3.63, 3.8) is 0 Å². The molecule has 0 amide bonds. The lowest BCUT2D eigenvalue weighted by Gasteiger charge is -2.34. The monoisotopic (exact) mass is 1720 g/mol. The third-order valence-corrected chi connectivity index (χ3v) is 26.5. The average Bonchev–Trinajstić information content (AvgIpc) is 1.53. The van der Waals surface area contributed by atoms with Crippen LogP contribution < -0.4 is 47.4 Å². The second-order valence-corrected chi connectivity index (χ2v) is 35.8. The molecule has 10 aliphatic rings. The first kappa shape index (κ1) is 89.1. The van der Waals surface area contributed by atoms with E-state index < -0.39 is 45.5 Å². The summed E-state index contributed by atoms with van der Waals surface area (Å²) in [6.07, 6.45) is 10.1. The molecule has 0 aromatic heterocycles. The number of hydrogen-bond donors (Lipinski definition) is 4. The summed E-state index contributed by atoms with van der Waals surface area (Å²) in [5.41, 5.74) is 20.2. The first-order chi connectivity index (χ1) is 60.6. The lowest BCUT2D eigenvalue weighted by Crippen LogP contribution is -2.42. The molecule has 0 bridgehead atoms. The summed E-state index contributed by atoms with van der Waals surface area (Å²) >= 11 is 0. The van der Waals surface area contributed by atoms with Gasteiger partial charge in [-0.15, -0.1) is 0 Å². The molecule has 664 valence electrons. The molecule has 126 heavy (non-hydrogen) atoms. The predicted molar refractivity (Wildman–Crippen MR) is 476 cm³/mol. The third kappa shape index (κ3) is 19.6. The van der Waals surface area contributed by atoms with E-state index in [4.69, 9.17) is 47.4 Å². The molecule has 24 heteroatoms. The van der Waals surface area contributed by atoms with Crippen LogP contribution in [-0.4, -0.2) is 185 Å². The first-order valence-electron chi connectivity index (χ1n) is 43.5. The maximum absolute atomic E-state index is 14.0. The summed E-state index contributed by atoms with van der Waals surface area (Å²) in [4.78, 5) is 55.3. The number of rotatable bonds is 18. The normalized spacial score (nSPS) is 18.1. The lowest BCUT2D eigenvalue weighted by molar-refractivity contribution is -0.148. The highest BCUT2D eigenvalue weighted by molar-refractivity contribution is 5.91. The number of methoxy groups -OCH3 is 6. The Bertz CT molecular complexity index is 5150. The van der Waals surface area contributed by atoms with Crippen molar-refractivity contribution in [3.8, 4) is 57.5 Å². The minimum atomic E-state index is -0.784. The van der Waals surface area contributed by atoms with Gasteiger partial charge in [-0.3, -0.25) is 19.2 Å². The van der Waals surface area contributed by atoms with Crippen LogP contribution in [-0.2, 0) is 45.6 Å². The number of likely N-dealkylation sites (tertiary alicyclic amines) is 4. The topological polar surface area (TPSA) is 254 Å². The summed E-state index contributed by atoms with van der Waals surface area (Å²) in [7, 11) is 9.95. The molecule has 18 rings (SSSR count). The standard InChI is InChI=1S/C26H29NO5.C26H31NO5.C25H26FNO4.C25H28FNO4/c1-30-19-3-5-21-18(13-19)15-32-23-14-20(31-2)4-6-22(23)24(21)17-7-11-27(12-8-17)16-26(9-10-26)25(28)29;1-26(2,25(28)29)16-27-11-9-17(10-12-27)24-21-7-5-19(30-3)13-18(21)15-32-23-14-20(31-4)6-8-22(23)24;1-30-19-3-5-20-17(12-19)14-31-22-13-18(26)2-4-21(22)23(20)16-6-10-27(11-7-16)15-25(8-9-25)24(28)29;1-25(2,24(28)29)15-27-10-8-16(9-11-27)23-20-7-5-19(30-3)12-17(20)14-31-22-13-18(26)4-6-21(22)23/h3-6,13-14H,7-12,15-16H2,1-2H3,(H,28,29);5-8,13-14H,9-12,15-16H2,1-4H3,(H,28,29);2-5,12-13H,6-11,14-15H2,1H3,(H,28,29);4-7,12-13H,8-11,14-15H2,1-3H3,(H,28,29). The van der Waals surface area contributed by atoms with E-state index in [1.807, 2.05) is 72.8 Å². The van der Waals surface area contributed by atoms with Crippen molar-refractivity contribution >= 4 is 46.2 Å². The maximum atomic E-state index is 14.0. The van der Waals surface area contributed by atoms with Crippen molar-refractivity contribution < 1.29 is 95.8 Å². The molecule has 0 radical (unpaired) electrons. The predicted octanol–water partition coefficient (Wildman–Crippen LogP) is 18.2. The number of benzene rings is 8. The van der Waals surface area contributed by atoms with Gasteiger partial charge in [0.05, 0.1) is 64.3 Å². The van der Waals surface area contributed by atoms with Crippen LogP contribution in [0.3, 0.4) is 0 Å². The van der Waals surface area contributed by atoms with Crippen LogP contribution in [0.1, 0.15) is 172 Å². The van der Waals surface area contributed by atoms with Crippen molar-refractivity contribution in [1.29, 1.82) is 0 Å². The van der Waals surface area contributed by atoms with E-state index in [-0.39, 0.29) is 11.6 Å². The molecule has 8 heterocycles. The Labute approximate surface area is 735 Å². The second-order valence-electron chi connectivity index (χ2n) is 35.8. The zero-order valence-electron chi connectivity index (χ0n) is 73.7. The van der Waals surface area contributed by atoms with Gasteiger partial charge in [-0.25, -0.2) is 8.78 Å². The van der Waals surface area contributed by atoms with Gasteiger partial charge in [0.25, 0.3) is 0 Å². The Morgan fingerprint density at radius 2 is 0.548 bits per heavy atom. The molecule has 8 aliphatic heterocycles. The summed E-state index contributed by atoms with van der Waals surface area (Å²) in [6, 6.07) is 45.8. The summed E-state index contributed by atoms with van der Waals surface area (Å²) < 4.78 is 84.8. The van der Waals surface area contributed by atoms with Crippen LogP contribution in [0.2, 0.25) is 0 Å². The van der Waals surface area contributed by atoms with Crippen molar-refractivity contribution in [1.82, 2.24) is 19.6 Å². The summed E-state index contributed by atoms with van der Waals surface area (Å²) in [5, 5.41) is 38.0. The third-order valence-electron chi connectivity index (χ3n) is 26.5. The zero-order valence-corrected chi connectivity index (χ0v) is 73.7. The highest BCUT2D eigenvalue weighted by Crippen LogP contribution is 2.52. The molecular formula is C102H114F2N4O18. The number of nitrogens with zero attached hydrogens (tertiary/aromatic N) is 4. The molecule has 22 nitrogen and oxygen atoms in total. The highest BCUT2D eigenvalue weighted by Gasteiger charge is 2.52. The molecule has 8 aromatic carbocycles. The Kier molecular flexibility index (Phi) is 26.8. The van der Waals surface area contributed by atoms with E-state index in [1.165, 1.54) is 68.8 Å². The minimum absolute atomic E-state index is 0.315. The van der Waals surface area contributed by atoms with E-state index >= 15 is 0 Å². The number of carbonyl (C=O) groups is 4. The number of hydrogen-bond acceptors (Lipinski definition) is 18. The molecule has 0 unspecified atom stereocenters. The van der Waals surface area contributed by atoms with Gasteiger partial charge < -0.3 is 87.4 Å². The van der Waals surface area contributed by atoms with Gasteiger partial charge in [0.1, 0.15) is 95.6 Å². The van der Waals surface area contributed by atoms with Crippen LogP contribution in [0, 0.1) is 33.3 Å². The highest BCUT2D eigenvalue weighted by atomic mass is 19.1. The molecule has 8 aromatic rings. The van der Waals surface area contributed by atoms with E-state index in [0.29, 0.717) is 64.1 Å². The molecule has 2 saturated carbocycles. The van der Waals surface area contributed by atoms with E-state index in [0.717, 1.165) is 242 Å². The first-order valence-corrected chi connectivity index (χ1v) is 43.5. The number of carboxylic acids is 4. The van der Waals surface area contributed by atoms with Gasteiger partial charge >= 0.3 is 23.9 Å². The molecule has 4 N–H and O–H groups in total. The smallest absolute Gasteiger partial charge is 0.310 e. The van der Waals surface area contributed by atoms with Gasteiger partial charge in [0, 0.05) is 147 Å². The molecule has 0 atom stereocenters. The summed E-state index contributed by atoms with van der Waals surface area (Å²) in [6.45, 7) is 17.8. The summed E-state index contributed by atoms with van der Waals surface area (Å²) in [5.74, 6) is 3.95. The fourth-order valence-electron chi connectivity index (χ4n) is 18.7. The van der Waals surface area contributed by atoms with Gasteiger partial charge in [0.2, 0.25) is 0 Å². The van der Waals surface area contributed by atoms with Crippen LogP contribution in [0.15, 0.2) is 168 Å². The number of aliphatic carboxylic acids is 4. The maximum Gasteiger partial charge on any atom is 0.310 e. The fraction of sp³-hybridized carbons (Fsp3) is 0.412. The van der Waals surface area contributed by atoms with Crippen molar-refractivity contribution in [2.24, 2.45) is 21.7 Å². The van der Waals surface area contributed by atoms with Crippen molar-refractivity contribution in [3.05, 3.63) is 246 Å². The van der Waals surface area contributed by atoms with E-state index in [9.17, 15) is 48.4 Å². The quantitative estimate of drug-likeness (QED) is 0.0623. The van der Waals surface area contributed by atoms with E-state index in [1.54, 1.807) is 76.4 Å². The number of piperidine rings is 4. The van der Waals surface area contributed by atoms with Crippen LogP contribution in [0.4, 0.5) is 8.78 Å². The largest absolute Gasteiger partial charge is 0.497 e. The Balaban J connectivity index is 0.000000130. The zero-order chi connectivity index (χ0) is 88.9. The SMILES string of the molecule is COc1ccc2c(c1)COc1cc(F)ccc1C2=C1CCN(CC(C)(C)C(=O)O)CC1.COc1ccc2c(c1)COc1cc(F)ccc1C2=C1CCN(CC2(C(=O)O)CC2)CC1.COc1ccc2c(c1)COc1cc(OC)ccc1C2=C1CCN(CC(C)(C)C(=O)O)CC1.COc1ccc2c(c1)COc1cc(OC)ccc1C2=C1CCN(CC2(C(=O)O)CC2)CC1. The Morgan fingerprint density at radius 1 is 0.325 bits per heavy atom. The van der Waals surface area contributed by atoms with Crippen LogP contribution >= 0.6 is 0 Å². The second kappa shape index (κ2) is 37.8. The van der Waals surface area contributed by atoms with E-state index in [2.05, 4.69) is 62.1 Å².